The summed E-state index contributed by atoms with van der Waals surface area (Å²) in [5.74, 6) is 0.858. The number of aromatic nitrogens is 1. The number of quaternary nitrogens is 1. The zero-order valence-electron chi connectivity index (χ0n) is 11.7. The number of para-hydroxylation sites is 2. The molecule has 6 nitrogen and oxygen atoms in total. The van der Waals surface area contributed by atoms with E-state index in [-0.39, 0.29) is 0 Å². The van der Waals surface area contributed by atoms with E-state index in [0.29, 0.717) is 6.01 Å². The van der Waals surface area contributed by atoms with E-state index >= 15 is 0 Å². The lowest BCUT2D eigenvalue weighted by molar-refractivity contribution is -0.980. The van der Waals surface area contributed by atoms with Gasteiger partial charge in [0, 0.05) is 0 Å². The second kappa shape index (κ2) is 5.92. The van der Waals surface area contributed by atoms with Gasteiger partial charge in [-0.2, -0.15) is 10.3 Å². The average Bonchev–Trinajstić information content (AvgIpc) is 2.89. The van der Waals surface area contributed by atoms with E-state index in [1.807, 2.05) is 24.3 Å². The van der Waals surface area contributed by atoms with Crippen LogP contribution in [0.5, 0.6) is 0 Å². The van der Waals surface area contributed by atoms with Gasteiger partial charge in [0.15, 0.2) is 18.9 Å². The summed E-state index contributed by atoms with van der Waals surface area (Å²) in [5, 5.41) is 6.48. The van der Waals surface area contributed by atoms with E-state index in [4.69, 9.17) is 4.42 Å². The molecule has 1 aliphatic rings. The smallest absolute Gasteiger partial charge is 0.365 e. The van der Waals surface area contributed by atoms with Crippen LogP contribution < -0.4 is 20.5 Å². The number of nitrogens with zero attached hydrogens (tertiary/aromatic N) is 1. The fourth-order valence-electron chi connectivity index (χ4n) is 2.28. The monoisotopic (exact) mass is 275 g/mol. The van der Waals surface area contributed by atoms with Crippen LogP contribution in [0.15, 0.2) is 28.7 Å². The molecule has 1 aromatic carbocycles. The van der Waals surface area contributed by atoms with Gasteiger partial charge in [-0.3, -0.25) is 4.90 Å². The van der Waals surface area contributed by atoms with Crippen molar-refractivity contribution in [2.45, 2.75) is 19.8 Å². The van der Waals surface area contributed by atoms with Gasteiger partial charge in [0.25, 0.3) is 0 Å². The van der Waals surface area contributed by atoms with Crippen LogP contribution in [0.1, 0.15) is 19.8 Å². The first-order valence-corrected chi connectivity index (χ1v) is 7.16. The molecule has 106 valence electrons. The molecule has 1 aromatic heterocycles. The standard InChI is InChI=1S/C14H19N5O/c1-2-3-8-19-9-15-13(16-10-19)18-14-17-11-6-4-5-7-12(11)20-14/h4-7H,2-3,8-10H2,1H3,(H2,15,16,17,18)/p+2. The molecule has 0 fully saturated rings. The first kappa shape index (κ1) is 12.9. The molecule has 0 bridgehead atoms. The molecule has 1 aliphatic heterocycles. The van der Waals surface area contributed by atoms with Gasteiger partial charge >= 0.3 is 12.0 Å². The molecule has 1 atom stereocenters. The molecule has 3 rings (SSSR count). The number of fused-ring (bicyclic) bond motifs is 1. The highest BCUT2D eigenvalue weighted by molar-refractivity contribution is 5.88. The van der Waals surface area contributed by atoms with E-state index in [2.05, 4.69) is 27.5 Å². The molecule has 1 unspecified atom stereocenters. The normalized spacial score (nSPS) is 18.6. The first-order valence-electron chi connectivity index (χ1n) is 7.16. The molecule has 6 heteroatoms. The van der Waals surface area contributed by atoms with Crippen molar-refractivity contribution in [2.75, 3.05) is 25.2 Å². The van der Waals surface area contributed by atoms with Crippen LogP contribution >= 0.6 is 0 Å². The average molecular weight is 275 g/mol. The minimum atomic E-state index is 0.512. The van der Waals surface area contributed by atoms with Gasteiger partial charge in [0.05, 0.1) is 6.54 Å². The quantitative estimate of drug-likeness (QED) is 0.571. The lowest BCUT2D eigenvalue weighted by Crippen LogP contribution is -3.24. The lowest BCUT2D eigenvalue weighted by atomic mass is 10.3. The van der Waals surface area contributed by atoms with Crippen molar-refractivity contribution >= 4 is 23.1 Å². The molecule has 0 spiro atoms. The van der Waals surface area contributed by atoms with Crippen LogP contribution in [0.4, 0.5) is 6.01 Å². The molecule has 2 heterocycles. The summed E-state index contributed by atoms with van der Waals surface area (Å²) in [4.78, 5) is 9.23. The fraction of sp³-hybridized carbons (Fsp3) is 0.429. The van der Waals surface area contributed by atoms with Crippen molar-refractivity contribution in [3.8, 4) is 0 Å². The summed E-state index contributed by atoms with van der Waals surface area (Å²) in [7, 11) is 0. The Morgan fingerprint density at radius 2 is 2.35 bits per heavy atom. The van der Waals surface area contributed by atoms with Crippen LogP contribution in [0.25, 0.3) is 11.1 Å². The van der Waals surface area contributed by atoms with Crippen LogP contribution in [-0.2, 0) is 0 Å². The van der Waals surface area contributed by atoms with E-state index in [1.165, 1.54) is 24.3 Å². The SMILES string of the molecule is CCCC[NH+]1CNC(Nc2nc3ccccc3o2)=[NH+]C1. The first-order chi connectivity index (χ1) is 9.85. The summed E-state index contributed by atoms with van der Waals surface area (Å²) < 4.78 is 5.63. The number of hydrogen-bond acceptors (Lipinski definition) is 4. The van der Waals surface area contributed by atoms with Crippen molar-refractivity contribution < 1.29 is 14.3 Å². The maximum atomic E-state index is 5.63. The number of unbranched alkanes of at least 4 members (excludes halogenated alkanes) is 1. The third kappa shape index (κ3) is 2.91. The van der Waals surface area contributed by atoms with Crippen molar-refractivity contribution in [1.82, 2.24) is 10.3 Å². The maximum Gasteiger partial charge on any atom is 0.365 e. The van der Waals surface area contributed by atoms with Gasteiger partial charge in [0.1, 0.15) is 5.52 Å². The molecule has 0 radical (unpaired) electrons. The molecule has 4 N–H and O–H groups in total. The zero-order valence-corrected chi connectivity index (χ0v) is 11.7. The molecule has 20 heavy (non-hydrogen) atoms. The largest absolute Gasteiger partial charge is 0.412 e. The summed E-state index contributed by atoms with van der Waals surface area (Å²) in [6.45, 7) is 5.23. The summed E-state index contributed by atoms with van der Waals surface area (Å²) in [6.07, 6.45) is 2.49. The topological polar surface area (TPSA) is 68.5 Å². The van der Waals surface area contributed by atoms with E-state index in [0.717, 1.165) is 30.4 Å². The highest BCUT2D eigenvalue weighted by Gasteiger charge is 2.21. The number of benzene rings is 1. The Kier molecular flexibility index (Phi) is 3.83. The molecule has 0 saturated heterocycles. The molecule has 0 amide bonds. The van der Waals surface area contributed by atoms with Crippen molar-refractivity contribution in [3.63, 3.8) is 0 Å². The lowest BCUT2D eigenvalue weighted by Gasteiger charge is -2.19. The molecule has 2 aromatic rings. The van der Waals surface area contributed by atoms with Gasteiger partial charge in [-0.15, -0.1) is 0 Å². The highest BCUT2D eigenvalue weighted by Crippen LogP contribution is 2.17. The van der Waals surface area contributed by atoms with Crippen LogP contribution in [0.2, 0.25) is 0 Å². The summed E-state index contributed by atoms with van der Waals surface area (Å²) >= 11 is 0. The van der Waals surface area contributed by atoms with Crippen LogP contribution in [0.3, 0.4) is 0 Å². The Morgan fingerprint density at radius 3 is 3.10 bits per heavy atom. The third-order valence-electron chi connectivity index (χ3n) is 3.44. The molecular weight excluding hydrogens is 254 g/mol. The van der Waals surface area contributed by atoms with E-state index < -0.39 is 0 Å². The Bertz CT molecular complexity index is 573. The number of anilines is 1. The number of nitrogens with one attached hydrogen (secondary N) is 4. The molecular formula is C14H21N5O+2. The summed E-state index contributed by atoms with van der Waals surface area (Å²) in [5.41, 5.74) is 1.66. The van der Waals surface area contributed by atoms with Gasteiger partial charge in [0.2, 0.25) is 0 Å². The van der Waals surface area contributed by atoms with Crippen molar-refractivity contribution in [1.29, 1.82) is 0 Å². The van der Waals surface area contributed by atoms with E-state index in [9.17, 15) is 0 Å². The number of oxazole rings is 1. The second-order valence-corrected chi connectivity index (χ2v) is 5.05. The predicted octanol–water partition coefficient (Wildman–Crippen LogP) is -1.12. The Hall–Kier alpha value is -2.08. The van der Waals surface area contributed by atoms with Crippen LogP contribution in [0, 0.1) is 0 Å². The van der Waals surface area contributed by atoms with Gasteiger partial charge in [-0.05, 0) is 18.6 Å². The van der Waals surface area contributed by atoms with Crippen LogP contribution in [-0.4, -0.2) is 30.8 Å². The predicted molar refractivity (Wildman–Crippen MR) is 77.2 cm³/mol. The molecule has 0 aliphatic carbocycles. The van der Waals surface area contributed by atoms with Gasteiger partial charge in [-0.1, -0.05) is 25.5 Å². The van der Waals surface area contributed by atoms with Gasteiger partial charge < -0.3 is 4.42 Å². The molecule has 0 saturated carbocycles. The zero-order chi connectivity index (χ0) is 13.8. The fourth-order valence-corrected chi connectivity index (χ4v) is 2.28. The minimum absolute atomic E-state index is 0.512. The number of rotatable bonds is 4. The number of hydrogen-bond donors (Lipinski definition) is 4. The third-order valence-corrected chi connectivity index (χ3v) is 3.44. The van der Waals surface area contributed by atoms with Gasteiger partial charge in [-0.25, -0.2) is 10.3 Å². The minimum Gasteiger partial charge on any atom is -0.412 e. The maximum absolute atomic E-state index is 5.63. The Morgan fingerprint density at radius 1 is 1.45 bits per heavy atom. The number of guanidine groups is 1. The Balaban J connectivity index is 1.62. The van der Waals surface area contributed by atoms with Crippen molar-refractivity contribution in [3.05, 3.63) is 24.3 Å². The Labute approximate surface area is 117 Å². The highest BCUT2D eigenvalue weighted by atomic mass is 16.4. The van der Waals surface area contributed by atoms with E-state index in [1.54, 1.807) is 0 Å². The second-order valence-electron chi connectivity index (χ2n) is 5.05. The van der Waals surface area contributed by atoms with Crippen molar-refractivity contribution in [2.24, 2.45) is 0 Å². The summed E-state index contributed by atoms with van der Waals surface area (Å²) in [6, 6.07) is 8.26.